The van der Waals surface area contributed by atoms with E-state index in [0.29, 0.717) is 36.0 Å². The number of benzene rings is 2. The first-order chi connectivity index (χ1) is 11.8. The molecular formula is C18H18N2O4. The quantitative estimate of drug-likeness (QED) is 0.692. The van der Waals surface area contributed by atoms with Gasteiger partial charge in [-0.25, -0.2) is 0 Å². The first-order valence-electron chi connectivity index (χ1n) is 7.64. The molecule has 0 spiro atoms. The molecule has 0 saturated carbocycles. The lowest BCUT2D eigenvalue weighted by molar-refractivity contribution is 0.102. The third-order valence-corrected chi connectivity index (χ3v) is 3.49. The summed E-state index contributed by atoms with van der Waals surface area (Å²) in [4.78, 5) is 17.0. The largest absolute Gasteiger partial charge is 0.490 e. The van der Waals surface area contributed by atoms with Crippen LogP contribution in [0.15, 0.2) is 47.6 Å². The van der Waals surface area contributed by atoms with Crippen LogP contribution in [0.4, 0.5) is 5.69 Å². The van der Waals surface area contributed by atoms with Crippen molar-refractivity contribution in [2.45, 2.75) is 6.42 Å². The van der Waals surface area contributed by atoms with E-state index in [4.69, 9.17) is 9.47 Å². The molecule has 0 aliphatic carbocycles. The molecule has 0 fully saturated rings. The van der Waals surface area contributed by atoms with E-state index in [1.54, 1.807) is 48.7 Å². The van der Waals surface area contributed by atoms with Crippen molar-refractivity contribution in [3.8, 4) is 11.5 Å². The van der Waals surface area contributed by atoms with Gasteiger partial charge in [0.25, 0.3) is 5.91 Å². The van der Waals surface area contributed by atoms with E-state index in [1.807, 2.05) is 0 Å². The number of ether oxygens (including phenoxy) is 2. The van der Waals surface area contributed by atoms with Crippen LogP contribution in [0.1, 0.15) is 22.3 Å². The summed E-state index contributed by atoms with van der Waals surface area (Å²) in [6.45, 7) is 1.24. The van der Waals surface area contributed by atoms with Gasteiger partial charge in [0, 0.05) is 23.7 Å². The summed E-state index contributed by atoms with van der Waals surface area (Å²) in [6, 6.07) is 12.4. The number of fused-ring (bicyclic) bond motifs is 1. The third kappa shape index (κ3) is 3.84. The summed E-state index contributed by atoms with van der Waals surface area (Å²) in [5.41, 5.74) is 2.06. The predicted molar refractivity (Wildman–Crippen MR) is 91.0 cm³/mol. The molecule has 6 nitrogen and oxygen atoms in total. The maximum absolute atomic E-state index is 12.3. The molecule has 0 aromatic heterocycles. The zero-order valence-corrected chi connectivity index (χ0v) is 13.3. The number of amides is 1. The van der Waals surface area contributed by atoms with Crippen LogP contribution in [0.5, 0.6) is 11.5 Å². The van der Waals surface area contributed by atoms with E-state index in [1.165, 1.54) is 7.11 Å². The van der Waals surface area contributed by atoms with E-state index < -0.39 is 0 Å². The summed E-state index contributed by atoms with van der Waals surface area (Å²) in [7, 11) is 1.48. The zero-order chi connectivity index (χ0) is 16.8. The molecule has 3 rings (SSSR count). The van der Waals surface area contributed by atoms with E-state index in [0.717, 1.165) is 12.0 Å². The fraction of sp³-hybridized carbons (Fsp3) is 0.222. The number of carbonyl (C=O) groups excluding carboxylic acids is 1. The first kappa shape index (κ1) is 15.9. The highest BCUT2D eigenvalue weighted by atomic mass is 16.6. The molecule has 124 valence electrons. The molecule has 6 heteroatoms. The van der Waals surface area contributed by atoms with E-state index in [9.17, 15) is 4.79 Å². The number of hydrogen-bond acceptors (Lipinski definition) is 5. The Labute approximate surface area is 140 Å². The average Bonchev–Trinajstić information content (AvgIpc) is 2.85. The second-order valence-electron chi connectivity index (χ2n) is 5.21. The van der Waals surface area contributed by atoms with Crippen molar-refractivity contribution in [3.63, 3.8) is 0 Å². The molecule has 1 aliphatic rings. The number of nitrogens with zero attached hydrogens (tertiary/aromatic N) is 1. The summed E-state index contributed by atoms with van der Waals surface area (Å²) in [5, 5.41) is 6.54. The third-order valence-electron chi connectivity index (χ3n) is 3.49. The predicted octanol–water partition coefficient (Wildman–Crippen LogP) is 3.08. The minimum absolute atomic E-state index is 0.195. The van der Waals surface area contributed by atoms with Crippen LogP contribution >= 0.6 is 0 Å². The molecule has 0 saturated heterocycles. The highest BCUT2D eigenvalue weighted by Gasteiger charge is 2.12. The highest BCUT2D eigenvalue weighted by molar-refractivity contribution is 6.04. The molecule has 1 aliphatic heterocycles. The average molecular weight is 326 g/mol. The molecule has 2 aromatic carbocycles. The molecule has 0 atom stereocenters. The van der Waals surface area contributed by atoms with Crippen LogP contribution in [-0.2, 0) is 4.84 Å². The normalized spacial score (nSPS) is 13.4. The van der Waals surface area contributed by atoms with Gasteiger partial charge in [-0.1, -0.05) is 17.3 Å². The van der Waals surface area contributed by atoms with Crippen molar-refractivity contribution in [1.82, 2.24) is 0 Å². The van der Waals surface area contributed by atoms with Crippen LogP contribution in [0.3, 0.4) is 0 Å². The Bertz CT molecular complexity index is 741. The SMILES string of the molecule is CO/N=C/c1ccc(C(=O)Nc2ccc3c(c2)OCCCO3)cc1. The Morgan fingerprint density at radius 2 is 1.88 bits per heavy atom. The van der Waals surface area contributed by atoms with Crippen LogP contribution in [0, 0.1) is 0 Å². The number of hydrogen-bond donors (Lipinski definition) is 1. The van der Waals surface area contributed by atoms with Crippen molar-refractivity contribution in [2.75, 3.05) is 25.6 Å². The van der Waals surface area contributed by atoms with Crippen LogP contribution in [0.2, 0.25) is 0 Å². The maximum Gasteiger partial charge on any atom is 0.255 e. The molecule has 1 N–H and O–H groups in total. The lowest BCUT2D eigenvalue weighted by Crippen LogP contribution is -2.12. The minimum Gasteiger partial charge on any atom is -0.490 e. The summed E-state index contributed by atoms with van der Waals surface area (Å²) in [5.74, 6) is 1.16. The molecule has 0 unspecified atom stereocenters. The Morgan fingerprint density at radius 3 is 2.62 bits per heavy atom. The lowest BCUT2D eigenvalue weighted by atomic mass is 10.1. The Morgan fingerprint density at radius 1 is 1.12 bits per heavy atom. The molecular weight excluding hydrogens is 308 g/mol. The molecule has 24 heavy (non-hydrogen) atoms. The number of oxime groups is 1. The van der Waals surface area contributed by atoms with Gasteiger partial charge in [0.05, 0.1) is 19.4 Å². The minimum atomic E-state index is -0.195. The summed E-state index contributed by atoms with van der Waals surface area (Å²) >= 11 is 0. The van der Waals surface area contributed by atoms with Gasteiger partial charge < -0.3 is 19.6 Å². The zero-order valence-electron chi connectivity index (χ0n) is 13.3. The second-order valence-corrected chi connectivity index (χ2v) is 5.21. The number of anilines is 1. The van der Waals surface area contributed by atoms with Gasteiger partial charge in [-0.15, -0.1) is 0 Å². The van der Waals surface area contributed by atoms with Gasteiger partial charge in [0.1, 0.15) is 7.11 Å². The number of carbonyl (C=O) groups is 1. The Balaban J connectivity index is 1.70. The van der Waals surface area contributed by atoms with Crippen molar-refractivity contribution in [1.29, 1.82) is 0 Å². The van der Waals surface area contributed by atoms with E-state index in [2.05, 4.69) is 15.3 Å². The lowest BCUT2D eigenvalue weighted by Gasteiger charge is -2.10. The second kappa shape index (κ2) is 7.50. The smallest absolute Gasteiger partial charge is 0.255 e. The fourth-order valence-electron chi connectivity index (χ4n) is 2.28. The van der Waals surface area contributed by atoms with Crippen molar-refractivity contribution in [3.05, 3.63) is 53.6 Å². The van der Waals surface area contributed by atoms with E-state index >= 15 is 0 Å². The van der Waals surface area contributed by atoms with Gasteiger partial charge in [0.2, 0.25) is 0 Å². The van der Waals surface area contributed by atoms with Gasteiger partial charge in [-0.2, -0.15) is 0 Å². The highest BCUT2D eigenvalue weighted by Crippen LogP contribution is 2.32. The van der Waals surface area contributed by atoms with Crippen molar-refractivity contribution < 1.29 is 19.1 Å². The van der Waals surface area contributed by atoms with Crippen LogP contribution in [-0.4, -0.2) is 32.4 Å². The van der Waals surface area contributed by atoms with Gasteiger partial charge >= 0.3 is 0 Å². The Hall–Kier alpha value is -3.02. The summed E-state index contributed by atoms with van der Waals surface area (Å²) in [6.07, 6.45) is 2.42. The Kier molecular flexibility index (Phi) is 4.96. The van der Waals surface area contributed by atoms with Crippen molar-refractivity contribution >= 4 is 17.8 Å². The van der Waals surface area contributed by atoms with Crippen LogP contribution in [0.25, 0.3) is 0 Å². The molecule has 0 radical (unpaired) electrons. The molecule has 1 heterocycles. The summed E-state index contributed by atoms with van der Waals surface area (Å²) < 4.78 is 11.2. The molecule has 2 aromatic rings. The van der Waals surface area contributed by atoms with Gasteiger partial charge in [-0.05, 0) is 29.8 Å². The monoisotopic (exact) mass is 326 g/mol. The van der Waals surface area contributed by atoms with E-state index in [-0.39, 0.29) is 5.91 Å². The number of nitrogens with one attached hydrogen (secondary N) is 1. The maximum atomic E-state index is 12.3. The van der Waals surface area contributed by atoms with Crippen LogP contribution < -0.4 is 14.8 Å². The van der Waals surface area contributed by atoms with Gasteiger partial charge in [-0.3, -0.25) is 4.79 Å². The van der Waals surface area contributed by atoms with Gasteiger partial charge in [0.15, 0.2) is 11.5 Å². The first-order valence-corrected chi connectivity index (χ1v) is 7.64. The standard InChI is InChI=1S/C18H18N2O4/c1-22-19-12-13-3-5-14(6-4-13)18(21)20-15-7-8-16-17(11-15)24-10-2-9-23-16/h3-8,11-12H,2,9-10H2,1H3,(H,20,21)/b19-12+. The topological polar surface area (TPSA) is 69.2 Å². The van der Waals surface area contributed by atoms with Crippen molar-refractivity contribution in [2.24, 2.45) is 5.16 Å². The fourth-order valence-corrected chi connectivity index (χ4v) is 2.28. The molecule has 1 amide bonds. The molecule has 0 bridgehead atoms. The number of rotatable bonds is 4.